The van der Waals surface area contributed by atoms with E-state index in [1.807, 2.05) is 31.2 Å². The van der Waals surface area contributed by atoms with Crippen LogP contribution in [0.25, 0.3) is 0 Å². The maximum atomic E-state index is 14.3. The number of hydrogen-bond donors (Lipinski definition) is 1. The summed E-state index contributed by atoms with van der Waals surface area (Å²) in [4.78, 5) is 0. The highest BCUT2D eigenvalue weighted by Crippen LogP contribution is 2.48. The molecule has 0 aliphatic heterocycles. The van der Waals surface area contributed by atoms with E-state index in [1.165, 1.54) is 0 Å². The van der Waals surface area contributed by atoms with Gasteiger partial charge in [0.1, 0.15) is 5.54 Å². The Morgan fingerprint density at radius 3 is 2.35 bits per heavy atom. The van der Waals surface area contributed by atoms with Crippen molar-refractivity contribution in [2.75, 3.05) is 7.05 Å². The summed E-state index contributed by atoms with van der Waals surface area (Å²) in [6.07, 6.45) is 1.94. The minimum absolute atomic E-state index is 0.0256. The summed E-state index contributed by atoms with van der Waals surface area (Å²) in [7, 11) is 1.64. The Hall–Kier alpha value is -0.960. The van der Waals surface area contributed by atoms with Gasteiger partial charge in [0.25, 0.3) is 5.92 Å². The fourth-order valence-electron chi connectivity index (χ4n) is 2.96. The molecule has 0 unspecified atom stereocenters. The van der Waals surface area contributed by atoms with E-state index in [0.29, 0.717) is 12.8 Å². The van der Waals surface area contributed by atoms with E-state index in [2.05, 4.69) is 5.32 Å². The first-order valence-electron chi connectivity index (χ1n) is 6.16. The molecule has 1 nitrogen and oxygen atoms in total. The van der Waals surface area contributed by atoms with Gasteiger partial charge in [-0.3, -0.25) is 0 Å². The first kappa shape index (κ1) is 12.5. The molecular formula is C14H19F2N. The molecule has 0 radical (unpaired) electrons. The van der Waals surface area contributed by atoms with Crippen molar-refractivity contribution >= 4 is 0 Å². The van der Waals surface area contributed by atoms with Crippen LogP contribution in [-0.2, 0) is 5.54 Å². The van der Waals surface area contributed by atoms with E-state index in [9.17, 15) is 8.78 Å². The first-order valence-corrected chi connectivity index (χ1v) is 6.16. The standard InChI is InChI=1S/C14H19F2N/c1-11-7-3-4-8-12(11)13(17-2)9-5-6-10-14(13,15)16/h3-4,7-8,17H,5-6,9-10H2,1-2H3/t13-/m0/s1. The van der Waals surface area contributed by atoms with E-state index in [0.717, 1.165) is 17.5 Å². The van der Waals surface area contributed by atoms with E-state index < -0.39 is 11.5 Å². The van der Waals surface area contributed by atoms with Gasteiger partial charge in [-0.2, -0.15) is 0 Å². The highest BCUT2D eigenvalue weighted by molar-refractivity contribution is 5.35. The first-order chi connectivity index (χ1) is 8.03. The van der Waals surface area contributed by atoms with Gasteiger partial charge < -0.3 is 5.32 Å². The van der Waals surface area contributed by atoms with Crippen LogP contribution in [0.3, 0.4) is 0 Å². The highest BCUT2D eigenvalue weighted by atomic mass is 19.3. The van der Waals surface area contributed by atoms with Crippen molar-refractivity contribution in [2.24, 2.45) is 0 Å². The lowest BCUT2D eigenvalue weighted by molar-refractivity contribution is -0.119. The van der Waals surface area contributed by atoms with Gasteiger partial charge in [-0.1, -0.05) is 30.7 Å². The van der Waals surface area contributed by atoms with Crippen LogP contribution in [0, 0.1) is 6.92 Å². The van der Waals surface area contributed by atoms with E-state index in [4.69, 9.17) is 0 Å². The van der Waals surface area contributed by atoms with E-state index in [-0.39, 0.29) is 6.42 Å². The van der Waals surface area contributed by atoms with Crippen LogP contribution in [0.4, 0.5) is 8.78 Å². The molecule has 1 atom stereocenters. The molecule has 1 aliphatic carbocycles. The number of halogens is 2. The third kappa shape index (κ3) is 1.86. The minimum atomic E-state index is -2.67. The van der Waals surface area contributed by atoms with Crippen molar-refractivity contribution in [1.82, 2.24) is 5.32 Å². The molecule has 0 aromatic heterocycles. The van der Waals surface area contributed by atoms with Crippen LogP contribution >= 0.6 is 0 Å². The van der Waals surface area contributed by atoms with Crippen LogP contribution in [0.15, 0.2) is 24.3 Å². The Morgan fingerprint density at radius 1 is 1.12 bits per heavy atom. The lowest BCUT2D eigenvalue weighted by Gasteiger charge is -2.44. The highest BCUT2D eigenvalue weighted by Gasteiger charge is 2.55. The van der Waals surface area contributed by atoms with Crippen molar-refractivity contribution < 1.29 is 8.78 Å². The van der Waals surface area contributed by atoms with E-state index in [1.54, 1.807) is 7.05 Å². The monoisotopic (exact) mass is 239 g/mol. The third-order valence-corrected chi connectivity index (χ3v) is 3.95. The summed E-state index contributed by atoms with van der Waals surface area (Å²) in [5, 5.41) is 2.91. The number of aryl methyl sites for hydroxylation is 1. The van der Waals surface area contributed by atoms with Gasteiger partial charge >= 0.3 is 0 Å². The topological polar surface area (TPSA) is 12.0 Å². The molecule has 0 saturated heterocycles. The van der Waals surface area contributed by atoms with Gasteiger partial charge in [0.05, 0.1) is 0 Å². The average Bonchev–Trinajstić information content (AvgIpc) is 2.30. The molecule has 94 valence electrons. The second-order valence-electron chi connectivity index (χ2n) is 4.88. The van der Waals surface area contributed by atoms with Crippen LogP contribution in [0.2, 0.25) is 0 Å². The molecule has 17 heavy (non-hydrogen) atoms. The molecule has 1 fully saturated rings. The molecule has 0 spiro atoms. The molecule has 1 aromatic rings. The molecule has 1 N–H and O–H groups in total. The van der Waals surface area contributed by atoms with Crippen LogP contribution in [0.1, 0.15) is 36.8 Å². The molecule has 0 bridgehead atoms. The summed E-state index contributed by atoms with van der Waals surface area (Å²) in [6.45, 7) is 1.90. The van der Waals surface area contributed by atoms with Crippen LogP contribution in [-0.4, -0.2) is 13.0 Å². The number of alkyl halides is 2. The van der Waals surface area contributed by atoms with Crippen molar-refractivity contribution in [2.45, 2.75) is 44.1 Å². The van der Waals surface area contributed by atoms with E-state index >= 15 is 0 Å². The fraction of sp³-hybridized carbons (Fsp3) is 0.571. The molecule has 0 heterocycles. The average molecular weight is 239 g/mol. The number of nitrogens with one attached hydrogen (secondary N) is 1. The Balaban J connectivity index is 2.53. The zero-order chi connectivity index (χ0) is 12.5. The van der Waals surface area contributed by atoms with Gasteiger partial charge in [0.15, 0.2) is 0 Å². The molecule has 1 aromatic carbocycles. The number of rotatable bonds is 2. The normalized spacial score (nSPS) is 28.0. The second kappa shape index (κ2) is 4.37. The summed E-state index contributed by atoms with van der Waals surface area (Å²) >= 11 is 0. The van der Waals surface area contributed by atoms with Crippen LogP contribution in [0.5, 0.6) is 0 Å². The summed E-state index contributed by atoms with van der Waals surface area (Å²) in [5.74, 6) is -2.67. The second-order valence-corrected chi connectivity index (χ2v) is 4.88. The molecular weight excluding hydrogens is 220 g/mol. The predicted molar refractivity (Wildman–Crippen MR) is 65.3 cm³/mol. The zero-order valence-electron chi connectivity index (χ0n) is 10.4. The quantitative estimate of drug-likeness (QED) is 0.831. The lowest BCUT2D eigenvalue weighted by Crippen LogP contribution is -2.56. The lowest BCUT2D eigenvalue weighted by atomic mass is 9.72. The summed E-state index contributed by atoms with van der Waals surface area (Å²) < 4.78 is 28.7. The largest absolute Gasteiger partial charge is 0.305 e. The summed E-state index contributed by atoms with van der Waals surface area (Å²) in [6, 6.07) is 7.46. The molecule has 3 heteroatoms. The summed E-state index contributed by atoms with van der Waals surface area (Å²) in [5.41, 5.74) is 0.493. The van der Waals surface area contributed by atoms with Gasteiger partial charge in [-0.15, -0.1) is 0 Å². The van der Waals surface area contributed by atoms with Crippen LogP contribution < -0.4 is 5.32 Å². The van der Waals surface area contributed by atoms with Gasteiger partial charge in [0.2, 0.25) is 0 Å². The fourth-order valence-corrected chi connectivity index (χ4v) is 2.96. The predicted octanol–water partition coefficient (Wildman–Crippen LogP) is 3.62. The Bertz CT molecular complexity index is 403. The Morgan fingerprint density at radius 2 is 1.76 bits per heavy atom. The molecule has 1 aliphatic rings. The maximum absolute atomic E-state index is 14.3. The van der Waals surface area contributed by atoms with Crippen molar-refractivity contribution in [1.29, 1.82) is 0 Å². The Kier molecular flexibility index (Phi) is 3.21. The smallest absolute Gasteiger partial charge is 0.270 e. The SMILES string of the molecule is CN[C@]1(c2ccccc2C)CCCCC1(F)F. The molecule has 1 saturated carbocycles. The van der Waals surface area contributed by atoms with Crippen molar-refractivity contribution in [3.8, 4) is 0 Å². The van der Waals surface area contributed by atoms with Crippen molar-refractivity contribution in [3.05, 3.63) is 35.4 Å². The minimum Gasteiger partial charge on any atom is -0.305 e. The third-order valence-electron chi connectivity index (χ3n) is 3.95. The molecule has 2 rings (SSSR count). The van der Waals surface area contributed by atoms with Crippen molar-refractivity contribution in [3.63, 3.8) is 0 Å². The zero-order valence-corrected chi connectivity index (χ0v) is 10.4. The van der Waals surface area contributed by atoms with Gasteiger partial charge in [-0.05, 0) is 37.9 Å². The maximum Gasteiger partial charge on any atom is 0.270 e. The number of hydrogen-bond acceptors (Lipinski definition) is 1. The van der Waals surface area contributed by atoms with Gasteiger partial charge in [0, 0.05) is 6.42 Å². The Labute approximate surface area is 101 Å². The molecule has 0 amide bonds. The van der Waals surface area contributed by atoms with Gasteiger partial charge in [-0.25, -0.2) is 8.78 Å². The number of benzene rings is 1.